The molecule has 4 rings (SSSR count). The van der Waals surface area contributed by atoms with Crippen molar-refractivity contribution in [2.45, 2.75) is 13.0 Å². The summed E-state index contributed by atoms with van der Waals surface area (Å²) >= 11 is 0. The second kappa shape index (κ2) is 5.58. The summed E-state index contributed by atoms with van der Waals surface area (Å²) in [6.45, 7) is 3.66. The number of rotatable bonds is 2. The first kappa shape index (κ1) is 14.1. The van der Waals surface area contributed by atoms with Gasteiger partial charge >= 0.3 is 0 Å². The fourth-order valence-electron chi connectivity index (χ4n) is 2.81. The Kier molecular flexibility index (Phi) is 3.42. The lowest BCUT2D eigenvalue weighted by Gasteiger charge is -2.32. The van der Waals surface area contributed by atoms with Gasteiger partial charge in [0.15, 0.2) is 11.5 Å². The maximum atomic E-state index is 12.7. The van der Waals surface area contributed by atoms with E-state index in [2.05, 4.69) is 9.97 Å². The maximum absolute atomic E-state index is 12.7. The van der Waals surface area contributed by atoms with E-state index in [9.17, 15) is 4.79 Å². The van der Waals surface area contributed by atoms with Crippen molar-refractivity contribution in [3.8, 4) is 11.5 Å². The van der Waals surface area contributed by atoms with E-state index in [0.717, 1.165) is 11.5 Å². The summed E-state index contributed by atoms with van der Waals surface area (Å²) in [6, 6.07) is 5.26. The molecule has 0 spiro atoms. The van der Waals surface area contributed by atoms with Gasteiger partial charge in [0.05, 0.1) is 13.2 Å². The van der Waals surface area contributed by atoms with Gasteiger partial charge < -0.3 is 24.1 Å². The van der Waals surface area contributed by atoms with Crippen molar-refractivity contribution in [3.05, 3.63) is 41.5 Å². The molecule has 1 aromatic carbocycles. The van der Waals surface area contributed by atoms with Gasteiger partial charge in [0, 0.05) is 24.0 Å². The zero-order valence-electron chi connectivity index (χ0n) is 12.7. The number of fused-ring (bicyclic) bond motifs is 1. The van der Waals surface area contributed by atoms with Crippen LogP contribution in [-0.4, -0.2) is 47.3 Å². The molecule has 0 bridgehead atoms. The Balaban J connectivity index is 1.51. The molecule has 2 aromatic rings. The van der Waals surface area contributed by atoms with E-state index < -0.39 is 0 Å². The van der Waals surface area contributed by atoms with Gasteiger partial charge in [-0.25, -0.2) is 4.98 Å². The van der Waals surface area contributed by atoms with Crippen LogP contribution in [0.3, 0.4) is 0 Å². The van der Waals surface area contributed by atoms with Crippen LogP contribution >= 0.6 is 0 Å². The second-order valence-electron chi connectivity index (χ2n) is 5.63. The van der Waals surface area contributed by atoms with Crippen molar-refractivity contribution in [1.82, 2.24) is 14.9 Å². The zero-order valence-corrected chi connectivity index (χ0v) is 12.7. The molecule has 7 heteroatoms. The minimum Gasteiger partial charge on any atom is -0.454 e. The molecular formula is C16H17N3O4. The Morgan fingerprint density at radius 3 is 3.04 bits per heavy atom. The van der Waals surface area contributed by atoms with Crippen molar-refractivity contribution >= 4 is 5.91 Å². The average Bonchev–Trinajstić information content (AvgIpc) is 3.22. The molecule has 120 valence electrons. The summed E-state index contributed by atoms with van der Waals surface area (Å²) < 4.78 is 16.3. The fourth-order valence-corrected chi connectivity index (χ4v) is 2.81. The van der Waals surface area contributed by atoms with Crippen molar-refractivity contribution < 1.29 is 19.0 Å². The van der Waals surface area contributed by atoms with Crippen molar-refractivity contribution in [3.63, 3.8) is 0 Å². The molecule has 2 aliphatic rings. The van der Waals surface area contributed by atoms with E-state index in [1.165, 1.54) is 0 Å². The van der Waals surface area contributed by atoms with Crippen LogP contribution in [0.25, 0.3) is 0 Å². The SMILES string of the molecule is Cc1cnc([C@H]2CN(C(=O)c3ccc4c(c3)OCO4)CCO2)[nH]1. The van der Waals surface area contributed by atoms with Crippen LogP contribution in [0.1, 0.15) is 28.0 Å². The minimum absolute atomic E-state index is 0.0418. The number of nitrogens with one attached hydrogen (secondary N) is 1. The highest BCUT2D eigenvalue weighted by Gasteiger charge is 2.28. The maximum Gasteiger partial charge on any atom is 0.254 e. The van der Waals surface area contributed by atoms with E-state index in [-0.39, 0.29) is 18.8 Å². The number of hydrogen-bond acceptors (Lipinski definition) is 5. The van der Waals surface area contributed by atoms with E-state index in [0.29, 0.717) is 36.8 Å². The first-order chi connectivity index (χ1) is 11.2. The van der Waals surface area contributed by atoms with Crippen LogP contribution in [0.15, 0.2) is 24.4 Å². The van der Waals surface area contributed by atoms with Gasteiger partial charge in [0.25, 0.3) is 5.91 Å². The Labute approximate surface area is 133 Å². The molecule has 0 radical (unpaired) electrons. The highest BCUT2D eigenvalue weighted by molar-refractivity contribution is 5.95. The number of carbonyl (C=O) groups is 1. The van der Waals surface area contributed by atoms with Crippen molar-refractivity contribution in [1.29, 1.82) is 0 Å². The minimum atomic E-state index is -0.226. The largest absolute Gasteiger partial charge is 0.454 e. The number of nitrogens with zero attached hydrogens (tertiary/aromatic N) is 2. The van der Waals surface area contributed by atoms with Gasteiger partial charge in [0.1, 0.15) is 11.9 Å². The topological polar surface area (TPSA) is 76.7 Å². The molecule has 1 amide bonds. The standard InChI is InChI=1S/C16H17N3O4/c1-10-7-17-15(18-10)14-8-19(4-5-21-14)16(20)11-2-3-12-13(6-11)23-9-22-12/h2-3,6-7,14H,4-5,8-9H2,1H3,(H,17,18)/t14-/m1/s1. The summed E-state index contributed by atoms with van der Waals surface area (Å²) in [4.78, 5) is 22.0. The predicted octanol–water partition coefficient (Wildman–Crippen LogP) is 1.66. The highest BCUT2D eigenvalue weighted by Crippen LogP contribution is 2.33. The molecule has 0 aliphatic carbocycles. The quantitative estimate of drug-likeness (QED) is 0.912. The van der Waals surface area contributed by atoms with Gasteiger partial charge in [-0.05, 0) is 25.1 Å². The van der Waals surface area contributed by atoms with Gasteiger partial charge in [-0.3, -0.25) is 4.79 Å². The number of ether oxygens (including phenoxy) is 3. The number of amides is 1. The number of H-pyrrole nitrogens is 1. The number of aromatic nitrogens is 2. The first-order valence-corrected chi connectivity index (χ1v) is 7.53. The molecule has 23 heavy (non-hydrogen) atoms. The van der Waals surface area contributed by atoms with Crippen LogP contribution < -0.4 is 9.47 Å². The Bertz CT molecular complexity index is 743. The number of carbonyl (C=O) groups excluding carboxylic acids is 1. The third-order valence-corrected chi connectivity index (χ3v) is 4.00. The lowest BCUT2D eigenvalue weighted by molar-refractivity contribution is -0.0264. The van der Waals surface area contributed by atoms with E-state index in [1.54, 1.807) is 29.3 Å². The number of aromatic amines is 1. The number of aryl methyl sites for hydroxylation is 1. The number of imidazole rings is 1. The van der Waals surface area contributed by atoms with Gasteiger partial charge in [-0.2, -0.15) is 0 Å². The molecule has 7 nitrogen and oxygen atoms in total. The monoisotopic (exact) mass is 315 g/mol. The third kappa shape index (κ3) is 2.63. The van der Waals surface area contributed by atoms with Gasteiger partial charge in [-0.15, -0.1) is 0 Å². The van der Waals surface area contributed by atoms with Crippen LogP contribution in [-0.2, 0) is 4.74 Å². The van der Waals surface area contributed by atoms with Crippen LogP contribution in [0, 0.1) is 6.92 Å². The average molecular weight is 315 g/mol. The highest BCUT2D eigenvalue weighted by atomic mass is 16.7. The van der Waals surface area contributed by atoms with Crippen LogP contribution in [0.2, 0.25) is 0 Å². The molecule has 0 saturated carbocycles. The Hall–Kier alpha value is -2.54. The summed E-state index contributed by atoms with van der Waals surface area (Å²) in [6.07, 6.45) is 1.53. The second-order valence-corrected chi connectivity index (χ2v) is 5.63. The molecule has 0 unspecified atom stereocenters. The summed E-state index contributed by atoms with van der Waals surface area (Å²) in [5.74, 6) is 2.00. The van der Waals surface area contributed by atoms with Gasteiger partial charge in [0.2, 0.25) is 6.79 Å². The number of benzene rings is 1. The third-order valence-electron chi connectivity index (χ3n) is 4.00. The lowest BCUT2D eigenvalue weighted by atomic mass is 10.1. The Morgan fingerprint density at radius 2 is 2.22 bits per heavy atom. The number of hydrogen-bond donors (Lipinski definition) is 1. The normalized spacial score (nSPS) is 19.9. The molecule has 3 heterocycles. The van der Waals surface area contributed by atoms with Crippen LogP contribution in [0.4, 0.5) is 0 Å². The lowest BCUT2D eigenvalue weighted by Crippen LogP contribution is -2.42. The first-order valence-electron chi connectivity index (χ1n) is 7.53. The Morgan fingerprint density at radius 1 is 1.35 bits per heavy atom. The molecule has 1 atom stereocenters. The fraction of sp³-hybridized carbons (Fsp3) is 0.375. The molecule has 1 saturated heterocycles. The van der Waals surface area contributed by atoms with Crippen LogP contribution in [0.5, 0.6) is 11.5 Å². The predicted molar refractivity (Wildman–Crippen MR) is 80.5 cm³/mol. The molecule has 1 aromatic heterocycles. The number of morpholine rings is 1. The summed E-state index contributed by atoms with van der Waals surface area (Å²) in [5, 5.41) is 0. The smallest absolute Gasteiger partial charge is 0.254 e. The summed E-state index contributed by atoms with van der Waals surface area (Å²) in [7, 11) is 0. The molecule has 1 fully saturated rings. The van der Waals surface area contributed by atoms with E-state index in [4.69, 9.17) is 14.2 Å². The van der Waals surface area contributed by atoms with Crippen molar-refractivity contribution in [2.24, 2.45) is 0 Å². The van der Waals surface area contributed by atoms with Crippen molar-refractivity contribution in [2.75, 3.05) is 26.5 Å². The molecule has 2 aliphatic heterocycles. The van der Waals surface area contributed by atoms with E-state index in [1.807, 2.05) is 6.92 Å². The molecular weight excluding hydrogens is 298 g/mol. The van der Waals surface area contributed by atoms with E-state index >= 15 is 0 Å². The summed E-state index contributed by atoms with van der Waals surface area (Å²) in [5.41, 5.74) is 1.56. The van der Waals surface area contributed by atoms with Gasteiger partial charge in [-0.1, -0.05) is 0 Å². The zero-order chi connectivity index (χ0) is 15.8. The molecule has 1 N–H and O–H groups in total.